The van der Waals surface area contributed by atoms with Gasteiger partial charge in [-0.15, -0.1) is 0 Å². The predicted molar refractivity (Wildman–Crippen MR) is 80.2 cm³/mol. The summed E-state index contributed by atoms with van der Waals surface area (Å²) >= 11 is 4.96. The fraction of sp³-hybridized carbons (Fsp3) is 0.154. The number of rotatable bonds is 4. The van der Waals surface area contributed by atoms with Gasteiger partial charge in [-0.1, -0.05) is 24.3 Å². The van der Waals surface area contributed by atoms with Crippen molar-refractivity contribution in [3.05, 3.63) is 42.2 Å². The maximum Gasteiger partial charge on any atom is 0.187 e. The fourth-order valence-corrected chi connectivity index (χ4v) is 1.76. The standard InChI is InChI=1S/C13H14N4OS/c18-8-7-15-13(19)17-16-9-12-11-4-2-1-3-10(11)5-6-14-12/h1-6,9,18H,7-8H2,(H2,15,17,19). The van der Waals surface area contributed by atoms with Crippen LogP contribution in [-0.2, 0) is 0 Å². The van der Waals surface area contributed by atoms with Crippen LogP contribution in [0.4, 0.5) is 0 Å². The van der Waals surface area contributed by atoms with Gasteiger partial charge in [-0.3, -0.25) is 10.4 Å². The number of fused-ring (bicyclic) bond motifs is 1. The van der Waals surface area contributed by atoms with E-state index in [0.29, 0.717) is 11.7 Å². The first-order valence-electron chi connectivity index (χ1n) is 5.83. The van der Waals surface area contributed by atoms with E-state index >= 15 is 0 Å². The molecule has 0 saturated heterocycles. The zero-order valence-electron chi connectivity index (χ0n) is 10.2. The molecule has 2 rings (SSSR count). The molecule has 2 aromatic rings. The van der Waals surface area contributed by atoms with Gasteiger partial charge >= 0.3 is 0 Å². The number of nitrogens with one attached hydrogen (secondary N) is 2. The summed E-state index contributed by atoms with van der Waals surface area (Å²) in [6, 6.07) is 9.91. The van der Waals surface area contributed by atoms with Crippen LogP contribution < -0.4 is 10.7 Å². The zero-order valence-corrected chi connectivity index (χ0v) is 11.0. The minimum absolute atomic E-state index is 0.0242. The topological polar surface area (TPSA) is 69.5 Å². The number of pyridine rings is 1. The third-order valence-corrected chi connectivity index (χ3v) is 2.69. The molecule has 0 atom stereocenters. The van der Waals surface area contributed by atoms with Gasteiger partial charge in [0.05, 0.1) is 18.5 Å². The van der Waals surface area contributed by atoms with E-state index in [1.807, 2.05) is 30.3 Å². The fourth-order valence-electron chi connectivity index (χ4n) is 1.61. The predicted octanol–water partition coefficient (Wildman–Crippen LogP) is 1.03. The molecule has 0 aliphatic heterocycles. The van der Waals surface area contributed by atoms with Crippen LogP contribution in [0, 0.1) is 0 Å². The Morgan fingerprint density at radius 3 is 3.05 bits per heavy atom. The second-order valence-corrected chi connectivity index (χ2v) is 4.18. The van der Waals surface area contributed by atoms with Crippen LogP contribution in [0.2, 0.25) is 0 Å². The molecular formula is C13H14N4OS. The minimum Gasteiger partial charge on any atom is -0.395 e. The van der Waals surface area contributed by atoms with Gasteiger partial charge in [0.15, 0.2) is 5.11 Å². The van der Waals surface area contributed by atoms with E-state index < -0.39 is 0 Å². The van der Waals surface area contributed by atoms with Gasteiger partial charge in [0.25, 0.3) is 0 Å². The third-order valence-electron chi connectivity index (χ3n) is 2.45. The molecule has 0 unspecified atom stereocenters. The van der Waals surface area contributed by atoms with Crippen molar-refractivity contribution in [2.45, 2.75) is 0 Å². The van der Waals surface area contributed by atoms with Gasteiger partial charge in [0.2, 0.25) is 0 Å². The lowest BCUT2D eigenvalue weighted by Crippen LogP contribution is -2.33. The Hall–Kier alpha value is -2.05. The number of nitrogens with zero attached hydrogens (tertiary/aromatic N) is 2. The van der Waals surface area contributed by atoms with Crippen molar-refractivity contribution in [2.75, 3.05) is 13.2 Å². The molecule has 1 heterocycles. The molecule has 0 fully saturated rings. The van der Waals surface area contributed by atoms with Crippen LogP contribution in [0.15, 0.2) is 41.6 Å². The quantitative estimate of drug-likeness (QED) is 0.441. The van der Waals surface area contributed by atoms with Crippen LogP contribution in [-0.4, -0.2) is 34.6 Å². The van der Waals surface area contributed by atoms with Gasteiger partial charge in [-0.2, -0.15) is 5.10 Å². The Balaban J connectivity index is 2.07. The largest absolute Gasteiger partial charge is 0.395 e. The third kappa shape index (κ3) is 3.70. The highest BCUT2D eigenvalue weighted by atomic mass is 32.1. The molecule has 6 heteroatoms. The van der Waals surface area contributed by atoms with Gasteiger partial charge in [0.1, 0.15) is 0 Å². The Morgan fingerprint density at radius 2 is 2.21 bits per heavy atom. The molecule has 0 aliphatic rings. The molecule has 0 amide bonds. The maximum atomic E-state index is 8.64. The molecule has 3 N–H and O–H groups in total. The van der Waals surface area contributed by atoms with Gasteiger partial charge in [0, 0.05) is 18.1 Å². The highest BCUT2D eigenvalue weighted by Gasteiger charge is 1.98. The molecule has 1 aromatic carbocycles. The normalized spacial score (nSPS) is 10.8. The number of hydrazone groups is 1. The number of hydrogen-bond donors (Lipinski definition) is 3. The zero-order chi connectivity index (χ0) is 13.5. The second kappa shape index (κ2) is 6.77. The first-order chi connectivity index (χ1) is 9.31. The Labute approximate surface area is 116 Å². The summed E-state index contributed by atoms with van der Waals surface area (Å²) < 4.78 is 0. The van der Waals surface area contributed by atoms with Crippen molar-refractivity contribution in [3.63, 3.8) is 0 Å². The average molecular weight is 274 g/mol. The lowest BCUT2D eigenvalue weighted by molar-refractivity contribution is 0.300. The molecule has 0 spiro atoms. The molecule has 0 radical (unpaired) electrons. The summed E-state index contributed by atoms with van der Waals surface area (Å²) in [5.74, 6) is 0. The van der Waals surface area contributed by atoms with Crippen LogP contribution in [0.3, 0.4) is 0 Å². The first kappa shape index (κ1) is 13.4. The lowest BCUT2D eigenvalue weighted by atomic mass is 10.1. The van der Waals surface area contributed by atoms with Crippen LogP contribution in [0.5, 0.6) is 0 Å². The van der Waals surface area contributed by atoms with Crippen molar-refractivity contribution in [3.8, 4) is 0 Å². The smallest absolute Gasteiger partial charge is 0.187 e. The molecule has 98 valence electrons. The van der Waals surface area contributed by atoms with Crippen LogP contribution in [0.1, 0.15) is 5.69 Å². The first-order valence-corrected chi connectivity index (χ1v) is 6.23. The molecule has 19 heavy (non-hydrogen) atoms. The lowest BCUT2D eigenvalue weighted by Gasteiger charge is -2.04. The summed E-state index contributed by atoms with van der Waals surface area (Å²) in [7, 11) is 0. The SMILES string of the molecule is OCCNC(=S)NN=Cc1nccc2ccccc12. The molecular weight excluding hydrogens is 260 g/mol. The molecule has 0 bridgehead atoms. The Bertz CT molecular complexity index is 595. The molecule has 5 nitrogen and oxygen atoms in total. The molecule has 0 saturated carbocycles. The minimum atomic E-state index is 0.0242. The maximum absolute atomic E-state index is 8.64. The number of aromatic nitrogens is 1. The van der Waals surface area contributed by atoms with Gasteiger partial charge in [-0.25, -0.2) is 0 Å². The van der Waals surface area contributed by atoms with Crippen molar-refractivity contribution < 1.29 is 5.11 Å². The van der Waals surface area contributed by atoms with E-state index in [-0.39, 0.29) is 6.61 Å². The number of aliphatic hydroxyl groups excluding tert-OH is 1. The van der Waals surface area contributed by atoms with E-state index in [1.165, 1.54) is 0 Å². The number of aliphatic hydroxyl groups is 1. The highest BCUT2D eigenvalue weighted by molar-refractivity contribution is 7.80. The van der Waals surface area contributed by atoms with E-state index in [1.54, 1.807) is 12.4 Å². The van der Waals surface area contributed by atoms with E-state index in [0.717, 1.165) is 16.5 Å². The van der Waals surface area contributed by atoms with Crippen molar-refractivity contribution in [1.29, 1.82) is 0 Å². The van der Waals surface area contributed by atoms with Crippen molar-refractivity contribution in [1.82, 2.24) is 15.7 Å². The summed E-state index contributed by atoms with van der Waals surface area (Å²) in [5.41, 5.74) is 3.44. The summed E-state index contributed by atoms with van der Waals surface area (Å²) in [5, 5.41) is 18.0. The summed E-state index contributed by atoms with van der Waals surface area (Å²) in [6.07, 6.45) is 3.36. The van der Waals surface area contributed by atoms with Crippen LogP contribution >= 0.6 is 12.2 Å². The Morgan fingerprint density at radius 1 is 1.37 bits per heavy atom. The average Bonchev–Trinajstić information content (AvgIpc) is 2.45. The van der Waals surface area contributed by atoms with Crippen molar-refractivity contribution in [2.24, 2.45) is 5.10 Å². The number of hydrogen-bond acceptors (Lipinski definition) is 4. The van der Waals surface area contributed by atoms with E-state index in [9.17, 15) is 0 Å². The van der Waals surface area contributed by atoms with Gasteiger partial charge in [-0.05, 0) is 23.7 Å². The second-order valence-electron chi connectivity index (χ2n) is 3.77. The van der Waals surface area contributed by atoms with E-state index in [2.05, 4.69) is 20.8 Å². The summed E-state index contributed by atoms with van der Waals surface area (Å²) in [4.78, 5) is 4.27. The molecule has 0 aliphatic carbocycles. The van der Waals surface area contributed by atoms with Gasteiger partial charge < -0.3 is 10.4 Å². The highest BCUT2D eigenvalue weighted by Crippen LogP contribution is 2.14. The number of thiocarbonyl (C=S) groups is 1. The van der Waals surface area contributed by atoms with E-state index in [4.69, 9.17) is 17.3 Å². The van der Waals surface area contributed by atoms with Crippen molar-refractivity contribution >= 4 is 34.3 Å². The molecule has 1 aromatic heterocycles. The Kier molecular flexibility index (Phi) is 4.77. The summed E-state index contributed by atoms with van der Waals surface area (Å²) in [6.45, 7) is 0.421. The monoisotopic (exact) mass is 274 g/mol. The van der Waals surface area contributed by atoms with Crippen LogP contribution in [0.25, 0.3) is 10.8 Å². The number of benzene rings is 1.